The first-order chi connectivity index (χ1) is 7.93. The van der Waals surface area contributed by atoms with Gasteiger partial charge in [-0.25, -0.2) is 18.6 Å². The zero-order valence-electron chi connectivity index (χ0n) is 8.56. The molecule has 0 atom stereocenters. The van der Waals surface area contributed by atoms with Crippen LogP contribution < -0.4 is 10.1 Å². The van der Waals surface area contributed by atoms with E-state index in [2.05, 4.69) is 9.72 Å². The van der Waals surface area contributed by atoms with Crippen molar-refractivity contribution in [2.45, 2.75) is 5.92 Å². The van der Waals surface area contributed by atoms with Crippen LogP contribution in [0.5, 0.6) is 5.88 Å². The van der Waals surface area contributed by atoms with Crippen LogP contribution in [0.2, 0.25) is 0 Å². The Kier molecular flexibility index (Phi) is 4.16. The van der Waals surface area contributed by atoms with Gasteiger partial charge in [-0.3, -0.25) is 5.32 Å². The molecule has 1 aromatic heterocycles. The molecule has 0 unspecified atom stereocenters. The minimum atomic E-state index is -3.33. The van der Waals surface area contributed by atoms with E-state index in [4.69, 9.17) is 10.2 Å². The Balaban J connectivity index is 2.54. The van der Waals surface area contributed by atoms with Gasteiger partial charge in [0.15, 0.2) is 6.61 Å². The largest absolute Gasteiger partial charge is 0.471 e. The van der Waals surface area contributed by atoms with Crippen LogP contribution in [-0.2, 0) is 0 Å². The van der Waals surface area contributed by atoms with Crippen LogP contribution in [0.15, 0.2) is 18.3 Å². The second-order valence-corrected chi connectivity index (χ2v) is 3.12. The molecule has 0 aliphatic rings. The summed E-state index contributed by atoms with van der Waals surface area (Å²) in [6.07, 6.45) is -0.132. The summed E-state index contributed by atoms with van der Waals surface area (Å²) < 4.78 is 29.8. The van der Waals surface area contributed by atoms with Crippen molar-refractivity contribution in [1.82, 2.24) is 4.98 Å². The molecule has 0 aliphatic heterocycles. The third kappa shape index (κ3) is 4.60. The number of hydrogen-bond donors (Lipinski definition) is 3. The van der Waals surface area contributed by atoms with Crippen LogP contribution in [0.25, 0.3) is 0 Å². The minimum Gasteiger partial charge on any atom is -0.471 e. The molecule has 6 nitrogen and oxygen atoms in total. The van der Waals surface area contributed by atoms with Crippen molar-refractivity contribution in [2.24, 2.45) is 0 Å². The Morgan fingerprint density at radius 1 is 1.53 bits per heavy atom. The monoisotopic (exact) mass is 248 g/mol. The SMILES string of the molecule is O=C(O)Nc1ccc(OCC(F)(F)CO)nc1. The first-order valence-corrected chi connectivity index (χ1v) is 4.50. The van der Waals surface area contributed by atoms with E-state index >= 15 is 0 Å². The van der Waals surface area contributed by atoms with Gasteiger partial charge in [-0.2, -0.15) is 0 Å². The summed E-state index contributed by atoms with van der Waals surface area (Å²) >= 11 is 0. The first kappa shape index (κ1) is 13.1. The maximum absolute atomic E-state index is 12.6. The smallest absolute Gasteiger partial charge is 0.409 e. The number of amides is 1. The molecule has 94 valence electrons. The maximum Gasteiger partial charge on any atom is 0.409 e. The van der Waals surface area contributed by atoms with Crippen LogP contribution in [0.3, 0.4) is 0 Å². The number of aliphatic hydroxyl groups is 1. The van der Waals surface area contributed by atoms with Crippen molar-refractivity contribution in [3.8, 4) is 5.88 Å². The molecule has 0 aliphatic carbocycles. The number of carbonyl (C=O) groups is 1. The summed E-state index contributed by atoms with van der Waals surface area (Å²) in [5.74, 6) is -3.42. The van der Waals surface area contributed by atoms with Crippen LogP contribution in [0, 0.1) is 0 Å². The van der Waals surface area contributed by atoms with Crippen LogP contribution in [0.1, 0.15) is 0 Å². The van der Waals surface area contributed by atoms with E-state index in [1.807, 2.05) is 5.32 Å². The topological polar surface area (TPSA) is 91.7 Å². The third-order valence-corrected chi connectivity index (χ3v) is 1.65. The van der Waals surface area contributed by atoms with E-state index in [0.29, 0.717) is 0 Å². The molecule has 0 saturated carbocycles. The zero-order chi connectivity index (χ0) is 12.9. The lowest BCUT2D eigenvalue weighted by Gasteiger charge is -2.13. The van der Waals surface area contributed by atoms with Gasteiger partial charge in [-0.05, 0) is 6.07 Å². The molecule has 0 saturated heterocycles. The molecular weight excluding hydrogens is 238 g/mol. The average Bonchev–Trinajstić information content (AvgIpc) is 2.28. The lowest BCUT2D eigenvalue weighted by molar-refractivity contribution is -0.0809. The fourth-order valence-electron chi connectivity index (χ4n) is 0.888. The van der Waals surface area contributed by atoms with E-state index in [1.165, 1.54) is 12.1 Å². The summed E-state index contributed by atoms with van der Waals surface area (Å²) in [4.78, 5) is 13.9. The van der Waals surface area contributed by atoms with Gasteiger partial charge < -0.3 is 14.9 Å². The van der Waals surface area contributed by atoms with Crippen molar-refractivity contribution < 1.29 is 28.5 Å². The average molecular weight is 248 g/mol. The first-order valence-electron chi connectivity index (χ1n) is 4.50. The number of nitrogens with zero attached hydrogens (tertiary/aromatic N) is 1. The number of pyridine rings is 1. The normalized spacial score (nSPS) is 11.0. The number of alkyl halides is 2. The van der Waals surface area contributed by atoms with Gasteiger partial charge in [0.05, 0.1) is 11.9 Å². The van der Waals surface area contributed by atoms with Crippen molar-refractivity contribution in [3.05, 3.63) is 18.3 Å². The highest BCUT2D eigenvalue weighted by Crippen LogP contribution is 2.16. The Labute approximate surface area is 94.9 Å². The quantitative estimate of drug-likeness (QED) is 0.727. The summed E-state index contributed by atoms with van der Waals surface area (Å²) in [6.45, 7) is -2.31. The number of halogens is 2. The van der Waals surface area contributed by atoms with Crippen molar-refractivity contribution >= 4 is 11.8 Å². The zero-order valence-corrected chi connectivity index (χ0v) is 8.56. The van der Waals surface area contributed by atoms with Crippen molar-refractivity contribution in [1.29, 1.82) is 0 Å². The molecular formula is C9H10F2N2O4. The molecule has 1 amide bonds. The number of hydrogen-bond acceptors (Lipinski definition) is 4. The lowest BCUT2D eigenvalue weighted by atomic mass is 10.4. The predicted molar refractivity (Wildman–Crippen MR) is 53.4 cm³/mol. The van der Waals surface area contributed by atoms with E-state index in [0.717, 1.165) is 6.20 Å². The van der Waals surface area contributed by atoms with Crippen LogP contribution >= 0.6 is 0 Å². The molecule has 0 radical (unpaired) electrons. The van der Waals surface area contributed by atoms with Crippen molar-refractivity contribution in [2.75, 3.05) is 18.5 Å². The predicted octanol–water partition coefficient (Wildman–Crippen LogP) is 1.18. The number of aliphatic hydroxyl groups excluding tert-OH is 1. The number of carboxylic acid groups (broad SMARTS) is 1. The molecule has 17 heavy (non-hydrogen) atoms. The lowest BCUT2D eigenvalue weighted by Crippen LogP contribution is -2.29. The van der Waals surface area contributed by atoms with Crippen LogP contribution in [-0.4, -0.2) is 40.4 Å². The highest BCUT2D eigenvalue weighted by molar-refractivity contribution is 5.82. The fourth-order valence-corrected chi connectivity index (χ4v) is 0.888. The summed E-state index contributed by atoms with van der Waals surface area (Å²) in [5, 5.41) is 18.7. The number of anilines is 1. The molecule has 8 heteroatoms. The Morgan fingerprint density at radius 3 is 2.71 bits per heavy atom. The fraction of sp³-hybridized carbons (Fsp3) is 0.333. The molecule has 1 rings (SSSR count). The van der Waals surface area contributed by atoms with E-state index in [9.17, 15) is 13.6 Å². The highest BCUT2D eigenvalue weighted by atomic mass is 19.3. The van der Waals surface area contributed by atoms with E-state index in [-0.39, 0.29) is 11.6 Å². The molecule has 1 heterocycles. The number of ether oxygens (including phenoxy) is 1. The third-order valence-electron chi connectivity index (χ3n) is 1.65. The second-order valence-electron chi connectivity index (χ2n) is 3.12. The van der Waals surface area contributed by atoms with Gasteiger partial charge in [-0.15, -0.1) is 0 Å². The van der Waals surface area contributed by atoms with Gasteiger partial charge in [0.2, 0.25) is 5.88 Å². The standard InChI is InChI=1S/C9H10F2N2O4/c10-9(11,4-14)5-17-7-2-1-6(3-12-7)13-8(15)16/h1-3,13-14H,4-5H2,(H,15,16). The van der Waals surface area contributed by atoms with E-state index < -0.39 is 25.2 Å². The van der Waals surface area contributed by atoms with Gasteiger partial charge in [-0.1, -0.05) is 0 Å². The maximum atomic E-state index is 12.6. The Morgan fingerprint density at radius 2 is 2.24 bits per heavy atom. The van der Waals surface area contributed by atoms with Crippen molar-refractivity contribution in [3.63, 3.8) is 0 Å². The molecule has 0 bridgehead atoms. The Hall–Kier alpha value is -1.96. The summed E-state index contributed by atoms with van der Waals surface area (Å²) in [6, 6.07) is 2.55. The summed E-state index contributed by atoms with van der Waals surface area (Å²) in [5.41, 5.74) is 0.193. The molecule has 1 aromatic rings. The van der Waals surface area contributed by atoms with E-state index in [1.54, 1.807) is 0 Å². The minimum absolute atomic E-state index is 0.0888. The molecule has 0 aromatic carbocycles. The Bertz CT molecular complexity index is 383. The molecule has 0 spiro atoms. The molecule has 3 N–H and O–H groups in total. The number of nitrogens with one attached hydrogen (secondary N) is 1. The van der Waals surface area contributed by atoms with Gasteiger partial charge in [0, 0.05) is 6.07 Å². The molecule has 0 fully saturated rings. The van der Waals surface area contributed by atoms with Gasteiger partial charge in [0.25, 0.3) is 0 Å². The second kappa shape index (κ2) is 5.39. The highest BCUT2D eigenvalue weighted by Gasteiger charge is 2.28. The van der Waals surface area contributed by atoms with Crippen LogP contribution in [0.4, 0.5) is 19.3 Å². The van der Waals surface area contributed by atoms with Gasteiger partial charge in [0.1, 0.15) is 6.61 Å². The summed E-state index contributed by atoms with van der Waals surface area (Å²) in [7, 11) is 0. The number of rotatable bonds is 5. The number of aromatic nitrogens is 1. The van der Waals surface area contributed by atoms with Gasteiger partial charge >= 0.3 is 12.0 Å².